The van der Waals surface area contributed by atoms with Crippen molar-refractivity contribution in [2.24, 2.45) is 0 Å². The van der Waals surface area contributed by atoms with Gasteiger partial charge in [-0.2, -0.15) is 0 Å². The van der Waals surface area contributed by atoms with Crippen molar-refractivity contribution in [3.8, 4) is 5.75 Å². The Morgan fingerprint density at radius 2 is 1.79 bits per heavy atom. The summed E-state index contributed by atoms with van der Waals surface area (Å²) in [7, 11) is 0. The molecular weight excluding hydrogens is 371 g/mol. The number of ether oxygens (including phenoxy) is 1. The zero-order chi connectivity index (χ0) is 21.2. The first-order valence-electron chi connectivity index (χ1n) is 9.96. The highest BCUT2D eigenvalue weighted by atomic mass is 19.1. The molecular formula is C23H29FN2O3. The lowest BCUT2D eigenvalue weighted by atomic mass is 10.1. The molecule has 0 fully saturated rings. The third-order valence-corrected chi connectivity index (χ3v) is 4.72. The molecule has 5 nitrogen and oxygen atoms in total. The number of nitrogens with one attached hydrogen (secondary N) is 1. The molecule has 0 unspecified atom stereocenters. The number of halogens is 1. The standard InChI is InChI=1S/C23H29FN2O3/c1-4-14-25-23(28)20(5-2)26(15-18-11-7-6-10-17(18)3)22(27)16-29-21-13-9-8-12-19(21)24/h6-13,20H,4-5,14-16H2,1-3H3,(H,25,28)/t20-/m0/s1. The summed E-state index contributed by atoms with van der Waals surface area (Å²) in [4.78, 5) is 27.2. The Kier molecular flexibility index (Phi) is 8.65. The van der Waals surface area contributed by atoms with Crippen molar-refractivity contribution in [1.29, 1.82) is 0 Å². The van der Waals surface area contributed by atoms with Crippen molar-refractivity contribution < 1.29 is 18.7 Å². The van der Waals surface area contributed by atoms with Gasteiger partial charge in [-0.3, -0.25) is 9.59 Å². The van der Waals surface area contributed by atoms with Crippen LogP contribution in [0.3, 0.4) is 0 Å². The maximum atomic E-state index is 13.8. The van der Waals surface area contributed by atoms with E-state index in [1.54, 1.807) is 12.1 Å². The maximum Gasteiger partial charge on any atom is 0.261 e. The summed E-state index contributed by atoms with van der Waals surface area (Å²) in [6.45, 7) is 6.29. The van der Waals surface area contributed by atoms with Crippen LogP contribution in [0.15, 0.2) is 48.5 Å². The molecule has 0 saturated carbocycles. The van der Waals surface area contributed by atoms with Gasteiger partial charge in [0, 0.05) is 13.1 Å². The molecule has 0 saturated heterocycles. The summed E-state index contributed by atoms with van der Waals surface area (Å²) in [5.41, 5.74) is 1.98. The third kappa shape index (κ3) is 6.31. The van der Waals surface area contributed by atoms with Crippen molar-refractivity contribution in [2.45, 2.75) is 46.2 Å². The van der Waals surface area contributed by atoms with Crippen LogP contribution in [0.5, 0.6) is 5.75 Å². The van der Waals surface area contributed by atoms with E-state index in [1.165, 1.54) is 17.0 Å². The van der Waals surface area contributed by atoms with Gasteiger partial charge < -0.3 is 15.0 Å². The molecule has 2 aromatic rings. The van der Waals surface area contributed by atoms with E-state index < -0.39 is 11.9 Å². The van der Waals surface area contributed by atoms with Gasteiger partial charge in [0.2, 0.25) is 5.91 Å². The Morgan fingerprint density at radius 3 is 2.45 bits per heavy atom. The second-order valence-corrected chi connectivity index (χ2v) is 6.88. The molecule has 29 heavy (non-hydrogen) atoms. The fourth-order valence-electron chi connectivity index (χ4n) is 3.04. The number of hydrogen-bond donors (Lipinski definition) is 1. The number of carbonyl (C=O) groups is 2. The van der Waals surface area contributed by atoms with Crippen LogP contribution < -0.4 is 10.1 Å². The first kappa shape index (κ1) is 22.4. The second-order valence-electron chi connectivity index (χ2n) is 6.88. The number of para-hydroxylation sites is 1. The highest BCUT2D eigenvalue weighted by Gasteiger charge is 2.29. The number of nitrogens with zero attached hydrogens (tertiary/aromatic N) is 1. The number of rotatable bonds is 10. The molecule has 0 heterocycles. The molecule has 0 aliphatic carbocycles. The Balaban J connectivity index is 2.22. The lowest BCUT2D eigenvalue weighted by Gasteiger charge is -2.31. The summed E-state index contributed by atoms with van der Waals surface area (Å²) in [6, 6.07) is 13.0. The molecule has 0 bridgehead atoms. The first-order chi connectivity index (χ1) is 14.0. The number of benzene rings is 2. The monoisotopic (exact) mass is 400 g/mol. The van der Waals surface area contributed by atoms with Crippen LogP contribution in [0.4, 0.5) is 4.39 Å². The zero-order valence-electron chi connectivity index (χ0n) is 17.3. The number of amides is 2. The Morgan fingerprint density at radius 1 is 1.10 bits per heavy atom. The molecule has 1 atom stereocenters. The van der Waals surface area contributed by atoms with Crippen LogP contribution in [-0.2, 0) is 16.1 Å². The van der Waals surface area contributed by atoms with Crippen LogP contribution in [0.2, 0.25) is 0 Å². The van der Waals surface area contributed by atoms with Crippen LogP contribution >= 0.6 is 0 Å². The van der Waals surface area contributed by atoms with E-state index in [0.717, 1.165) is 17.5 Å². The van der Waals surface area contributed by atoms with E-state index in [4.69, 9.17) is 4.74 Å². The van der Waals surface area contributed by atoms with Crippen LogP contribution in [-0.4, -0.2) is 35.9 Å². The van der Waals surface area contributed by atoms with Gasteiger partial charge in [-0.25, -0.2) is 4.39 Å². The SMILES string of the molecule is CCCNC(=O)[C@H](CC)N(Cc1ccccc1C)C(=O)COc1ccccc1F. The normalized spacial score (nSPS) is 11.6. The lowest BCUT2D eigenvalue weighted by molar-refractivity contribution is -0.143. The van der Waals surface area contributed by atoms with Gasteiger partial charge in [0.05, 0.1) is 0 Å². The zero-order valence-corrected chi connectivity index (χ0v) is 17.3. The quantitative estimate of drug-likeness (QED) is 0.659. The minimum absolute atomic E-state index is 0.0141. The summed E-state index contributed by atoms with van der Waals surface area (Å²) < 4.78 is 19.2. The minimum Gasteiger partial charge on any atom is -0.481 e. The molecule has 0 spiro atoms. The summed E-state index contributed by atoms with van der Waals surface area (Å²) >= 11 is 0. The average Bonchev–Trinajstić information content (AvgIpc) is 2.72. The van der Waals surface area contributed by atoms with Gasteiger partial charge >= 0.3 is 0 Å². The molecule has 156 valence electrons. The first-order valence-corrected chi connectivity index (χ1v) is 9.96. The Labute approximate surface area is 171 Å². The number of carbonyl (C=O) groups excluding carboxylic acids is 2. The number of aryl methyl sites for hydroxylation is 1. The predicted molar refractivity (Wildman–Crippen MR) is 111 cm³/mol. The maximum absolute atomic E-state index is 13.8. The van der Waals surface area contributed by atoms with Gasteiger partial charge in [0.15, 0.2) is 18.2 Å². The van der Waals surface area contributed by atoms with Crippen LogP contribution in [0, 0.1) is 12.7 Å². The van der Waals surface area contributed by atoms with Crippen molar-refractivity contribution in [3.63, 3.8) is 0 Å². The van der Waals surface area contributed by atoms with E-state index >= 15 is 0 Å². The lowest BCUT2D eigenvalue weighted by Crippen LogP contribution is -2.50. The molecule has 2 amide bonds. The van der Waals surface area contributed by atoms with Crippen molar-refractivity contribution in [2.75, 3.05) is 13.2 Å². The van der Waals surface area contributed by atoms with E-state index in [2.05, 4.69) is 5.32 Å². The van der Waals surface area contributed by atoms with E-state index in [0.29, 0.717) is 13.0 Å². The fraction of sp³-hybridized carbons (Fsp3) is 0.391. The highest BCUT2D eigenvalue weighted by Crippen LogP contribution is 2.18. The smallest absolute Gasteiger partial charge is 0.261 e. The molecule has 0 radical (unpaired) electrons. The molecule has 2 rings (SSSR count). The van der Waals surface area contributed by atoms with Gasteiger partial charge in [0.1, 0.15) is 6.04 Å². The van der Waals surface area contributed by atoms with Crippen LogP contribution in [0.1, 0.15) is 37.8 Å². The summed E-state index contributed by atoms with van der Waals surface area (Å²) in [5, 5.41) is 2.87. The third-order valence-electron chi connectivity index (χ3n) is 4.72. The topological polar surface area (TPSA) is 58.6 Å². The molecule has 0 aromatic heterocycles. The summed E-state index contributed by atoms with van der Waals surface area (Å²) in [5.74, 6) is -1.07. The van der Waals surface area contributed by atoms with E-state index in [1.807, 2.05) is 45.0 Å². The van der Waals surface area contributed by atoms with Gasteiger partial charge in [0.25, 0.3) is 5.91 Å². The predicted octanol–water partition coefficient (Wildman–Crippen LogP) is 3.85. The molecule has 0 aliphatic rings. The molecule has 0 aliphatic heterocycles. The Bertz CT molecular complexity index is 825. The van der Waals surface area contributed by atoms with Crippen LogP contribution in [0.25, 0.3) is 0 Å². The second kappa shape index (κ2) is 11.2. The van der Waals surface area contributed by atoms with Gasteiger partial charge in [-0.05, 0) is 43.0 Å². The van der Waals surface area contributed by atoms with Crippen molar-refractivity contribution >= 4 is 11.8 Å². The van der Waals surface area contributed by atoms with E-state index in [9.17, 15) is 14.0 Å². The fourth-order valence-corrected chi connectivity index (χ4v) is 3.04. The highest BCUT2D eigenvalue weighted by molar-refractivity contribution is 5.88. The molecule has 2 aromatic carbocycles. The van der Waals surface area contributed by atoms with Crippen molar-refractivity contribution in [1.82, 2.24) is 10.2 Å². The Hall–Kier alpha value is -2.89. The molecule has 6 heteroatoms. The van der Waals surface area contributed by atoms with Gasteiger partial charge in [-0.15, -0.1) is 0 Å². The molecule has 1 N–H and O–H groups in total. The summed E-state index contributed by atoms with van der Waals surface area (Å²) in [6.07, 6.45) is 1.27. The minimum atomic E-state index is -0.627. The van der Waals surface area contributed by atoms with E-state index in [-0.39, 0.29) is 30.7 Å². The number of hydrogen-bond acceptors (Lipinski definition) is 3. The average molecular weight is 400 g/mol. The largest absolute Gasteiger partial charge is 0.481 e. The van der Waals surface area contributed by atoms with Crippen molar-refractivity contribution in [3.05, 3.63) is 65.5 Å². The van der Waals surface area contributed by atoms with Gasteiger partial charge in [-0.1, -0.05) is 50.2 Å².